The topological polar surface area (TPSA) is 61.5 Å². The van der Waals surface area contributed by atoms with Gasteiger partial charge in [-0.1, -0.05) is 25.0 Å². The van der Waals surface area contributed by atoms with E-state index in [1.54, 1.807) is 11.1 Å². The van der Waals surface area contributed by atoms with Crippen molar-refractivity contribution < 1.29 is 4.74 Å². The Kier molecular flexibility index (Phi) is 4.63. The molecule has 1 saturated carbocycles. The van der Waals surface area contributed by atoms with Crippen LogP contribution >= 0.6 is 0 Å². The number of ether oxygens (including phenoxy) is 1. The summed E-state index contributed by atoms with van der Waals surface area (Å²) in [5.74, 6) is 1.60. The molecule has 3 heterocycles. The molecule has 6 rings (SSSR count). The summed E-state index contributed by atoms with van der Waals surface area (Å²) in [5.41, 5.74) is 5.66. The molecule has 5 aliphatic rings. The van der Waals surface area contributed by atoms with Crippen molar-refractivity contribution in [2.24, 2.45) is 11.3 Å². The Hall–Kier alpha value is -1.66. The Morgan fingerprint density at radius 2 is 1.97 bits per heavy atom. The minimum Gasteiger partial charge on any atom is -0.372 e. The molecule has 1 aromatic rings. The number of nitrogens with zero attached hydrogens (tertiary/aromatic N) is 3. The number of morpholine rings is 1. The van der Waals surface area contributed by atoms with Crippen molar-refractivity contribution in [3.63, 3.8) is 0 Å². The van der Waals surface area contributed by atoms with Crippen molar-refractivity contribution in [2.45, 2.75) is 72.1 Å². The second-order valence-electron chi connectivity index (χ2n) is 10.2. The third kappa shape index (κ3) is 3.34. The van der Waals surface area contributed by atoms with Crippen LogP contribution in [0.2, 0.25) is 0 Å². The third-order valence-corrected chi connectivity index (χ3v) is 7.74. The molecule has 1 saturated heterocycles. The second-order valence-corrected chi connectivity index (χ2v) is 10.2. The smallest absolute Gasteiger partial charge is 0.255 e. The first kappa shape index (κ1) is 19.3. The summed E-state index contributed by atoms with van der Waals surface area (Å²) in [6, 6.07) is 0. The van der Waals surface area contributed by atoms with Crippen LogP contribution < -0.4 is 10.5 Å². The summed E-state index contributed by atoms with van der Waals surface area (Å²) >= 11 is 0. The molecular weight excluding hydrogens is 364 g/mol. The number of hydrogen-bond acceptors (Lipinski definition) is 5. The summed E-state index contributed by atoms with van der Waals surface area (Å²) in [4.78, 5) is 25.4. The number of aromatic nitrogens is 2. The van der Waals surface area contributed by atoms with E-state index in [1.807, 2.05) is 0 Å². The molecule has 29 heavy (non-hydrogen) atoms. The van der Waals surface area contributed by atoms with Crippen molar-refractivity contribution in [1.82, 2.24) is 14.9 Å². The van der Waals surface area contributed by atoms with E-state index in [4.69, 9.17) is 9.72 Å². The molecule has 6 heteroatoms. The first-order valence-corrected chi connectivity index (χ1v) is 11.3. The summed E-state index contributed by atoms with van der Waals surface area (Å²) < 4.78 is 5.84. The Balaban J connectivity index is 1.36. The lowest BCUT2D eigenvalue weighted by Gasteiger charge is -2.53. The fourth-order valence-electron chi connectivity index (χ4n) is 6.00. The molecule has 2 aliphatic heterocycles. The van der Waals surface area contributed by atoms with Crippen LogP contribution in [-0.2, 0) is 17.7 Å². The lowest BCUT2D eigenvalue weighted by molar-refractivity contribution is -0.00576. The molecule has 3 atom stereocenters. The van der Waals surface area contributed by atoms with Gasteiger partial charge >= 0.3 is 0 Å². The molecule has 2 fully saturated rings. The molecule has 2 bridgehead atoms. The highest BCUT2D eigenvalue weighted by atomic mass is 16.5. The molecule has 158 valence electrons. The van der Waals surface area contributed by atoms with Crippen LogP contribution in [0.4, 0.5) is 5.95 Å². The van der Waals surface area contributed by atoms with E-state index in [0.29, 0.717) is 11.4 Å². The zero-order chi connectivity index (χ0) is 20.3. The van der Waals surface area contributed by atoms with Gasteiger partial charge in [-0.3, -0.25) is 14.7 Å². The van der Waals surface area contributed by atoms with Crippen LogP contribution in [0.5, 0.6) is 0 Å². The number of allylic oxidation sites excluding steroid dienone is 1. The van der Waals surface area contributed by atoms with E-state index in [0.717, 1.165) is 56.3 Å². The second kappa shape index (κ2) is 6.95. The lowest BCUT2D eigenvalue weighted by atomic mass is 9.52. The zero-order valence-corrected chi connectivity index (χ0v) is 18.3. The van der Waals surface area contributed by atoms with Crippen LogP contribution in [0.1, 0.15) is 58.2 Å². The molecule has 0 aromatic carbocycles. The number of hydrogen-bond donors (Lipinski definition) is 1. The zero-order valence-electron chi connectivity index (χ0n) is 18.3. The Morgan fingerprint density at radius 3 is 2.66 bits per heavy atom. The van der Waals surface area contributed by atoms with Crippen molar-refractivity contribution in [2.75, 3.05) is 31.1 Å². The van der Waals surface area contributed by atoms with Crippen LogP contribution in [0.15, 0.2) is 15.9 Å². The average Bonchev–Trinajstić information content (AvgIpc) is 2.67. The minimum atomic E-state index is 0.0408. The maximum absolute atomic E-state index is 12.7. The molecule has 1 N–H and O–H groups in total. The largest absolute Gasteiger partial charge is 0.372 e. The normalized spacial score (nSPS) is 31.4. The van der Waals surface area contributed by atoms with Gasteiger partial charge in [0.25, 0.3) is 5.56 Å². The van der Waals surface area contributed by atoms with Gasteiger partial charge in [-0.15, -0.1) is 0 Å². The number of anilines is 1. The van der Waals surface area contributed by atoms with Crippen LogP contribution in [0.25, 0.3) is 0 Å². The Bertz CT molecular complexity index is 893. The van der Waals surface area contributed by atoms with Gasteiger partial charge in [0.1, 0.15) is 0 Å². The lowest BCUT2D eigenvalue weighted by Crippen LogP contribution is -2.47. The Labute approximate surface area is 173 Å². The highest BCUT2D eigenvalue weighted by molar-refractivity contribution is 5.37. The number of rotatable bonds is 3. The highest BCUT2D eigenvalue weighted by Gasteiger charge is 2.47. The van der Waals surface area contributed by atoms with E-state index >= 15 is 0 Å². The summed E-state index contributed by atoms with van der Waals surface area (Å²) in [6.07, 6.45) is 4.98. The number of fused-ring (bicyclic) bond motifs is 3. The monoisotopic (exact) mass is 398 g/mol. The van der Waals surface area contributed by atoms with Gasteiger partial charge in [-0.05, 0) is 50.9 Å². The first-order valence-electron chi connectivity index (χ1n) is 11.3. The molecule has 6 nitrogen and oxygen atoms in total. The predicted molar refractivity (Wildman–Crippen MR) is 114 cm³/mol. The molecule has 0 spiro atoms. The fourth-order valence-corrected chi connectivity index (χ4v) is 6.00. The van der Waals surface area contributed by atoms with Crippen LogP contribution in [0.3, 0.4) is 0 Å². The summed E-state index contributed by atoms with van der Waals surface area (Å²) in [5, 5.41) is 0. The molecule has 0 unspecified atom stereocenters. The third-order valence-electron chi connectivity index (χ3n) is 7.74. The van der Waals surface area contributed by atoms with E-state index in [9.17, 15) is 4.79 Å². The van der Waals surface area contributed by atoms with Gasteiger partial charge < -0.3 is 9.64 Å². The maximum atomic E-state index is 12.7. The van der Waals surface area contributed by atoms with E-state index in [2.05, 4.69) is 42.5 Å². The number of aromatic amines is 1. The van der Waals surface area contributed by atoms with Gasteiger partial charge in [0.05, 0.1) is 17.9 Å². The SMILES string of the molecule is C[C@@H]1CN(c2nc3c(c(=O)[nH]2)CCN(CC2=C4C[C@H](CC2)C4(C)C)C3)C[C@@H](C)O1. The van der Waals surface area contributed by atoms with E-state index < -0.39 is 0 Å². The summed E-state index contributed by atoms with van der Waals surface area (Å²) in [6.45, 7) is 13.3. The van der Waals surface area contributed by atoms with Gasteiger partial charge in [-0.25, -0.2) is 4.98 Å². The van der Waals surface area contributed by atoms with Gasteiger partial charge in [0.2, 0.25) is 5.95 Å². The quantitative estimate of drug-likeness (QED) is 0.794. The first-order chi connectivity index (χ1) is 13.8. The molecule has 0 amide bonds. The predicted octanol–water partition coefficient (Wildman–Crippen LogP) is 2.88. The average molecular weight is 399 g/mol. The van der Waals surface area contributed by atoms with Crippen molar-refractivity contribution in [1.29, 1.82) is 0 Å². The number of nitrogens with one attached hydrogen (secondary N) is 1. The Morgan fingerprint density at radius 1 is 1.21 bits per heavy atom. The van der Waals surface area contributed by atoms with E-state index in [1.165, 1.54) is 19.3 Å². The number of H-pyrrole nitrogens is 1. The van der Waals surface area contributed by atoms with Crippen LogP contribution in [-0.4, -0.2) is 53.3 Å². The minimum absolute atomic E-state index is 0.0408. The highest BCUT2D eigenvalue weighted by Crippen LogP contribution is 2.58. The van der Waals surface area contributed by atoms with Crippen molar-refractivity contribution in [3.05, 3.63) is 32.8 Å². The van der Waals surface area contributed by atoms with Crippen molar-refractivity contribution >= 4 is 5.95 Å². The van der Waals surface area contributed by atoms with Gasteiger partial charge in [0, 0.05) is 38.3 Å². The molecule has 3 aliphatic carbocycles. The molecule has 1 aromatic heterocycles. The van der Waals surface area contributed by atoms with Gasteiger partial charge in [0.15, 0.2) is 0 Å². The molecular formula is C23H34N4O2. The van der Waals surface area contributed by atoms with Gasteiger partial charge in [-0.2, -0.15) is 0 Å². The molecule has 0 radical (unpaired) electrons. The standard InChI is InChI=1S/C23H34N4O2/c1-14-10-27(11-15(2)29-14)22-24-20-13-26(8-7-18(20)21(28)25-22)12-16-5-6-17-9-19(16)23(17,3)4/h14-15,17H,5-13H2,1-4H3,(H,24,25,28)/t14-,15-,17+/m1/s1. The fraction of sp³-hybridized carbons (Fsp3) is 0.739. The van der Waals surface area contributed by atoms with Crippen LogP contribution in [0, 0.1) is 11.3 Å². The maximum Gasteiger partial charge on any atom is 0.255 e. The van der Waals surface area contributed by atoms with Crippen molar-refractivity contribution in [3.8, 4) is 0 Å². The van der Waals surface area contributed by atoms with E-state index in [-0.39, 0.29) is 17.8 Å². The summed E-state index contributed by atoms with van der Waals surface area (Å²) in [7, 11) is 0.